The average molecular weight is 326 g/mol. The fraction of sp³-hybridized carbons (Fsp3) is 0.421. The van der Waals surface area contributed by atoms with Gasteiger partial charge in [0, 0.05) is 25.1 Å². The van der Waals surface area contributed by atoms with E-state index >= 15 is 0 Å². The van der Waals surface area contributed by atoms with Gasteiger partial charge in [-0.05, 0) is 44.2 Å². The molecule has 2 aromatic heterocycles. The van der Waals surface area contributed by atoms with Crippen LogP contribution in [0.15, 0.2) is 35.5 Å². The lowest BCUT2D eigenvalue weighted by Gasteiger charge is -2.26. The van der Waals surface area contributed by atoms with E-state index in [1.54, 1.807) is 25.5 Å². The van der Waals surface area contributed by atoms with Gasteiger partial charge in [0.05, 0.1) is 17.9 Å². The van der Waals surface area contributed by atoms with E-state index in [1.165, 1.54) is 19.3 Å². The number of hydrogen-bond acceptors (Lipinski definition) is 4. The Morgan fingerprint density at radius 1 is 1.33 bits per heavy atom. The molecule has 0 bridgehead atoms. The lowest BCUT2D eigenvalue weighted by Crippen LogP contribution is -2.24. The molecule has 3 rings (SSSR count). The van der Waals surface area contributed by atoms with Crippen LogP contribution in [0.2, 0.25) is 0 Å². The van der Waals surface area contributed by atoms with Gasteiger partial charge < -0.3 is 9.30 Å². The van der Waals surface area contributed by atoms with Crippen LogP contribution >= 0.6 is 0 Å². The van der Waals surface area contributed by atoms with Crippen LogP contribution in [0.4, 0.5) is 0 Å². The zero-order chi connectivity index (χ0) is 17.1. The Bertz CT molecular complexity index is 789. The van der Waals surface area contributed by atoms with Crippen molar-refractivity contribution in [3.63, 3.8) is 0 Å². The largest absolute Gasteiger partial charge is 0.462 e. The first-order valence-corrected chi connectivity index (χ1v) is 8.42. The van der Waals surface area contributed by atoms with Crippen molar-refractivity contribution < 1.29 is 9.53 Å². The summed E-state index contributed by atoms with van der Waals surface area (Å²) < 4.78 is 6.99. The van der Waals surface area contributed by atoms with Gasteiger partial charge in [-0.15, -0.1) is 0 Å². The highest BCUT2D eigenvalue weighted by atomic mass is 16.5. The zero-order valence-electron chi connectivity index (χ0n) is 14.1. The maximum Gasteiger partial charge on any atom is 0.343 e. The van der Waals surface area contributed by atoms with Crippen molar-refractivity contribution in [3.8, 4) is 11.3 Å². The highest BCUT2D eigenvalue weighted by molar-refractivity contribution is 5.90. The minimum atomic E-state index is -0.571. The minimum absolute atomic E-state index is 0.0797. The monoisotopic (exact) mass is 326 g/mol. The van der Waals surface area contributed by atoms with Crippen LogP contribution in [0.5, 0.6) is 0 Å². The van der Waals surface area contributed by atoms with Crippen molar-refractivity contribution >= 4 is 5.97 Å². The van der Waals surface area contributed by atoms with Gasteiger partial charge in [0.15, 0.2) is 0 Å². The van der Waals surface area contributed by atoms with Gasteiger partial charge in [0.1, 0.15) is 5.56 Å². The molecule has 1 fully saturated rings. The molecule has 2 aromatic rings. The quantitative estimate of drug-likeness (QED) is 0.792. The molecule has 126 valence electrons. The Morgan fingerprint density at radius 2 is 2.12 bits per heavy atom. The summed E-state index contributed by atoms with van der Waals surface area (Å²) in [5.74, 6) is 0.0418. The smallest absolute Gasteiger partial charge is 0.343 e. The van der Waals surface area contributed by atoms with Crippen LogP contribution in [0.25, 0.3) is 11.3 Å². The SMILES string of the molecule is CCOC(=O)c1cn(CC2CCC2)cc(-c2ccc(C)cn2)c1=O. The number of hydrogen-bond donors (Lipinski definition) is 0. The van der Waals surface area contributed by atoms with Crippen molar-refractivity contribution in [3.05, 3.63) is 52.1 Å². The Kier molecular flexibility index (Phi) is 4.79. The first-order valence-electron chi connectivity index (χ1n) is 8.42. The maximum atomic E-state index is 12.7. The highest BCUT2D eigenvalue weighted by Gasteiger charge is 2.21. The Morgan fingerprint density at radius 3 is 2.71 bits per heavy atom. The van der Waals surface area contributed by atoms with Crippen LogP contribution in [-0.4, -0.2) is 22.1 Å². The number of rotatable bonds is 5. The molecule has 5 nitrogen and oxygen atoms in total. The minimum Gasteiger partial charge on any atom is -0.462 e. The highest BCUT2D eigenvalue weighted by Crippen LogP contribution is 2.28. The predicted molar refractivity (Wildman–Crippen MR) is 92.0 cm³/mol. The summed E-state index contributed by atoms with van der Waals surface area (Å²) in [6.45, 7) is 4.73. The summed E-state index contributed by atoms with van der Waals surface area (Å²) in [4.78, 5) is 29.3. The molecule has 0 N–H and O–H groups in total. The van der Waals surface area contributed by atoms with E-state index in [0.717, 1.165) is 12.1 Å². The molecule has 0 unspecified atom stereocenters. The number of nitrogens with zero attached hydrogens (tertiary/aromatic N) is 2. The third kappa shape index (κ3) is 3.40. The number of pyridine rings is 2. The average Bonchev–Trinajstić information content (AvgIpc) is 2.53. The number of aromatic nitrogens is 2. The van der Waals surface area contributed by atoms with E-state index in [0.29, 0.717) is 17.2 Å². The molecular weight excluding hydrogens is 304 g/mol. The summed E-state index contributed by atoms with van der Waals surface area (Å²) in [5.41, 5.74) is 1.81. The third-order valence-corrected chi connectivity index (χ3v) is 4.46. The van der Waals surface area contributed by atoms with E-state index in [9.17, 15) is 9.59 Å². The first kappa shape index (κ1) is 16.4. The van der Waals surface area contributed by atoms with Crippen LogP contribution in [0.1, 0.15) is 42.1 Å². The van der Waals surface area contributed by atoms with Gasteiger partial charge in [-0.2, -0.15) is 0 Å². The van der Waals surface area contributed by atoms with Crippen molar-refractivity contribution in [2.24, 2.45) is 5.92 Å². The molecule has 1 aliphatic carbocycles. The molecule has 2 heterocycles. The van der Waals surface area contributed by atoms with Crippen molar-refractivity contribution in [2.45, 2.75) is 39.7 Å². The van der Waals surface area contributed by atoms with Crippen LogP contribution in [0, 0.1) is 12.8 Å². The van der Waals surface area contributed by atoms with E-state index in [1.807, 2.05) is 23.6 Å². The Balaban J connectivity index is 2.06. The molecule has 24 heavy (non-hydrogen) atoms. The van der Waals surface area contributed by atoms with Gasteiger partial charge >= 0.3 is 5.97 Å². The lowest BCUT2D eigenvalue weighted by molar-refractivity contribution is 0.0523. The summed E-state index contributed by atoms with van der Waals surface area (Å²) in [6.07, 6.45) is 8.79. The Hall–Kier alpha value is -2.43. The number of esters is 1. The number of aryl methyl sites for hydroxylation is 1. The molecular formula is C19H22N2O3. The van der Waals surface area contributed by atoms with Gasteiger partial charge in [-0.1, -0.05) is 12.5 Å². The van der Waals surface area contributed by atoms with Crippen molar-refractivity contribution in [1.29, 1.82) is 0 Å². The van der Waals surface area contributed by atoms with Crippen LogP contribution in [-0.2, 0) is 11.3 Å². The van der Waals surface area contributed by atoms with E-state index in [-0.39, 0.29) is 17.6 Å². The molecule has 0 atom stereocenters. The maximum absolute atomic E-state index is 12.7. The van der Waals surface area contributed by atoms with Gasteiger partial charge in [0.2, 0.25) is 5.43 Å². The predicted octanol–water partition coefficient (Wildman–Crippen LogP) is 3.20. The fourth-order valence-electron chi connectivity index (χ4n) is 2.87. The van der Waals surface area contributed by atoms with Gasteiger partial charge in [0.25, 0.3) is 0 Å². The number of carbonyl (C=O) groups is 1. The summed E-state index contributed by atoms with van der Waals surface area (Å²) in [5, 5.41) is 0. The van der Waals surface area contributed by atoms with Crippen LogP contribution in [0.3, 0.4) is 0 Å². The molecule has 0 radical (unpaired) electrons. The Labute approximate surface area is 141 Å². The molecule has 0 saturated heterocycles. The van der Waals surface area contributed by atoms with Crippen molar-refractivity contribution in [1.82, 2.24) is 9.55 Å². The van der Waals surface area contributed by atoms with Crippen LogP contribution < -0.4 is 5.43 Å². The number of ether oxygens (including phenoxy) is 1. The zero-order valence-corrected chi connectivity index (χ0v) is 14.1. The van der Waals surface area contributed by atoms with Crippen molar-refractivity contribution in [2.75, 3.05) is 6.61 Å². The second-order valence-corrected chi connectivity index (χ2v) is 6.35. The lowest BCUT2D eigenvalue weighted by atomic mass is 9.85. The molecule has 0 amide bonds. The summed E-state index contributed by atoms with van der Waals surface area (Å²) in [7, 11) is 0. The molecule has 1 saturated carbocycles. The molecule has 0 aromatic carbocycles. The molecule has 5 heteroatoms. The van der Waals surface area contributed by atoms with Gasteiger partial charge in [-0.25, -0.2) is 4.79 Å². The number of carbonyl (C=O) groups excluding carboxylic acids is 1. The van der Waals surface area contributed by atoms with E-state index in [4.69, 9.17) is 4.74 Å². The summed E-state index contributed by atoms with van der Waals surface area (Å²) >= 11 is 0. The second kappa shape index (κ2) is 6.99. The standard InChI is InChI=1S/C19H22N2O3/c1-3-24-19(23)16-12-21(10-14-5-4-6-14)11-15(18(16)22)17-8-7-13(2)9-20-17/h7-9,11-12,14H,3-6,10H2,1-2H3. The van der Waals surface area contributed by atoms with Gasteiger partial charge in [-0.3, -0.25) is 9.78 Å². The van der Waals surface area contributed by atoms with E-state index in [2.05, 4.69) is 4.98 Å². The third-order valence-electron chi connectivity index (χ3n) is 4.46. The fourth-order valence-corrected chi connectivity index (χ4v) is 2.87. The summed E-state index contributed by atoms with van der Waals surface area (Å²) in [6, 6.07) is 3.73. The molecule has 0 aliphatic heterocycles. The molecule has 0 spiro atoms. The first-order chi connectivity index (χ1) is 11.6. The second-order valence-electron chi connectivity index (χ2n) is 6.35. The normalized spacial score (nSPS) is 14.2. The topological polar surface area (TPSA) is 61.2 Å². The van der Waals surface area contributed by atoms with E-state index < -0.39 is 5.97 Å². The molecule has 1 aliphatic rings.